The second kappa shape index (κ2) is 5.77. The number of rotatable bonds is 3. The summed E-state index contributed by atoms with van der Waals surface area (Å²) < 4.78 is 0. The van der Waals surface area contributed by atoms with Crippen LogP contribution in [0.15, 0.2) is 36.4 Å². The van der Waals surface area contributed by atoms with E-state index in [-0.39, 0.29) is 0 Å². The summed E-state index contributed by atoms with van der Waals surface area (Å²) in [6.45, 7) is 6.13. The molecule has 1 unspecified atom stereocenters. The summed E-state index contributed by atoms with van der Waals surface area (Å²) in [6.07, 6.45) is 0.100. The minimum Gasteiger partial charge on any atom is -0.388 e. The van der Waals surface area contributed by atoms with Gasteiger partial charge in [0.25, 0.3) is 0 Å². The van der Waals surface area contributed by atoms with Crippen LogP contribution in [0.25, 0.3) is 0 Å². The number of hydrogen-bond donors (Lipinski definition) is 1. The lowest BCUT2D eigenvalue weighted by Crippen LogP contribution is -2.04. The average molecular weight is 275 g/mol. The van der Waals surface area contributed by atoms with Gasteiger partial charge in [0.2, 0.25) is 0 Å². The van der Waals surface area contributed by atoms with Crippen LogP contribution in [-0.2, 0) is 6.42 Å². The first-order chi connectivity index (χ1) is 8.99. The van der Waals surface area contributed by atoms with Gasteiger partial charge in [-0.2, -0.15) is 0 Å². The number of aliphatic hydroxyl groups excluding tert-OH is 1. The van der Waals surface area contributed by atoms with E-state index in [2.05, 4.69) is 32.0 Å². The van der Waals surface area contributed by atoms with E-state index in [1.54, 1.807) is 0 Å². The Hall–Kier alpha value is -1.31. The van der Waals surface area contributed by atoms with E-state index in [4.69, 9.17) is 11.6 Å². The fraction of sp³-hybridized carbons (Fsp3) is 0.294. The Morgan fingerprint density at radius 1 is 1.05 bits per heavy atom. The monoisotopic (exact) mass is 274 g/mol. The zero-order chi connectivity index (χ0) is 14.0. The van der Waals surface area contributed by atoms with Crippen molar-refractivity contribution in [3.05, 3.63) is 69.2 Å². The molecule has 0 aliphatic rings. The number of aliphatic hydroxyl groups is 1. The van der Waals surface area contributed by atoms with Gasteiger partial charge in [0.15, 0.2) is 0 Å². The molecule has 100 valence electrons. The van der Waals surface area contributed by atoms with Gasteiger partial charge in [-0.15, -0.1) is 0 Å². The van der Waals surface area contributed by atoms with Crippen molar-refractivity contribution in [1.29, 1.82) is 0 Å². The molecule has 1 N–H and O–H groups in total. The Labute approximate surface area is 119 Å². The Balaban J connectivity index is 2.23. The fourth-order valence-corrected chi connectivity index (χ4v) is 2.43. The van der Waals surface area contributed by atoms with Gasteiger partial charge in [0, 0.05) is 11.4 Å². The zero-order valence-corrected chi connectivity index (χ0v) is 12.3. The van der Waals surface area contributed by atoms with E-state index in [0.29, 0.717) is 11.4 Å². The third kappa shape index (κ3) is 3.17. The van der Waals surface area contributed by atoms with Crippen LogP contribution in [0.4, 0.5) is 0 Å². The van der Waals surface area contributed by atoms with Crippen LogP contribution in [-0.4, -0.2) is 5.11 Å². The molecule has 0 radical (unpaired) electrons. The van der Waals surface area contributed by atoms with Gasteiger partial charge < -0.3 is 5.11 Å². The molecular formula is C17H19ClO. The van der Waals surface area contributed by atoms with E-state index >= 15 is 0 Å². The van der Waals surface area contributed by atoms with E-state index in [0.717, 1.165) is 16.7 Å². The first-order valence-corrected chi connectivity index (χ1v) is 6.86. The molecule has 2 rings (SSSR count). The molecule has 1 nitrogen and oxygen atoms in total. The molecule has 2 aromatic carbocycles. The molecule has 0 saturated heterocycles. The van der Waals surface area contributed by atoms with Crippen molar-refractivity contribution in [3.8, 4) is 0 Å². The highest BCUT2D eigenvalue weighted by Crippen LogP contribution is 2.26. The van der Waals surface area contributed by atoms with Crippen molar-refractivity contribution in [3.63, 3.8) is 0 Å². The van der Waals surface area contributed by atoms with Crippen LogP contribution in [0, 0.1) is 20.8 Å². The molecule has 0 aromatic heterocycles. The molecule has 0 saturated carbocycles. The topological polar surface area (TPSA) is 20.2 Å². The van der Waals surface area contributed by atoms with Crippen LogP contribution >= 0.6 is 11.6 Å². The minimum absolute atomic E-state index is 0.513. The highest BCUT2D eigenvalue weighted by Gasteiger charge is 2.13. The van der Waals surface area contributed by atoms with E-state index in [1.807, 2.05) is 25.1 Å². The van der Waals surface area contributed by atoms with Gasteiger partial charge in [-0.3, -0.25) is 0 Å². The van der Waals surface area contributed by atoms with Crippen LogP contribution in [0.1, 0.15) is 33.9 Å². The molecule has 0 spiro atoms. The lowest BCUT2D eigenvalue weighted by atomic mass is 9.96. The van der Waals surface area contributed by atoms with Crippen molar-refractivity contribution < 1.29 is 5.11 Å². The maximum Gasteiger partial charge on any atom is 0.0833 e. The normalized spacial score (nSPS) is 12.5. The highest BCUT2D eigenvalue weighted by atomic mass is 35.5. The summed E-state index contributed by atoms with van der Waals surface area (Å²) >= 11 is 6.10. The van der Waals surface area contributed by atoms with Gasteiger partial charge in [0.05, 0.1) is 6.10 Å². The molecule has 1 atom stereocenters. The van der Waals surface area contributed by atoms with Crippen molar-refractivity contribution in [2.75, 3.05) is 0 Å². The molecule has 2 heteroatoms. The summed E-state index contributed by atoms with van der Waals surface area (Å²) in [5.41, 5.74) is 5.55. The SMILES string of the molecule is Cc1ccc(CC(O)c2cccc(Cl)c2C)cc1C. The smallest absolute Gasteiger partial charge is 0.0833 e. The van der Waals surface area contributed by atoms with Gasteiger partial charge in [0.1, 0.15) is 0 Å². The first kappa shape index (κ1) is 14.1. The Morgan fingerprint density at radius 3 is 2.47 bits per heavy atom. The molecule has 0 fully saturated rings. The molecule has 0 heterocycles. The van der Waals surface area contributed by atoms with E-state index in [1.165, 1.54) is 11.1 Å². The second-order valence-electron chi connectivity index (χ2n) is 5.09. The van der Waals surface area contributed by atoms with Gasteiger partial charge in [-0.1, -0.05) is 41.9 Å². The largest absolute Gasteiger partial charge is 0.388 e. The van der Waals surface area contributed by atoms with Crippen LogP contribution in [0.5, 0.6) is 0 Å². The van der Waals surface area contributed by atoms with Crippen LogP contribution < -0.4 is 0 Å². The second-order valence-corrected chi connectivity index (χ2v) is 5.50. The molecular weight excluding hydrogens is 256 g/mol. The van der Waals surface area contributed by atoms with Gasteiger partial charge in [-0.05, 0) is 54.7 Å². The number of halogens is 1. The van der Waals surface area contributed by atoms with Crippen molar-refractivity contribution in [1.82, 2.24) is 0 Å². The molecule has 19 heavy (non-hydrogen) atoms. The highest BCUT2D eigenvalue weighted by molar-refractivity contribution is 6.31. The third-order valence-corrected chi connectivity index (χ3v) is 4.08. The Kier molecular flexibility index (Phi) is 4.28. The maximum absolute atomic E-state index is 10.4. The predicted octanol–water partition coefficient (Wildman–Crippen LogP) is 4.54. The van der Waals surface area contributed by atoms with Crippen LogP contribution in [0.3, 0.4) is 0 Å². The van der Waals surface area contributed by atoms with Crippen molar-refractivity contribution >= 4 is 11.6 Å². The standard InChI is InChI=1S/C17H19ClO/c1-11-7-8-14(9-12(11)2)10-17(19)15-5-4-6-16(18)13(15)3/h4-9,17,19H,10H2,1-3H3. The molecule has 0 aliphatic heterocycles. The van der Waals surface area contributed by atoms with E-state index < -0.39 is 6.10 Å². The Morgan fingerprint density at radius 2 is 1.79 bits per heavy atom. The summed E-state index contributed by atoms with van der Waals surface area (Å²) in [7, 11) is 0. The molecule has 0 bridgehead atoms. The quantitative estimate of drug-likeness (QED) is 0.871. The Bertz CT molecular complexity index is 590. The lowest BCUT2D eigenvalue weighted by Gasteiger charge is -2.15. The molecule has 0 amide bonds. The minimum atomic E-state index is -0.513. The first-order valence-electron chi connectivity index (χ1n) is 6.48. The van der Waals surface area contributed by atoms with Gasteiger partial charge in [-0.25, -0.2) is 0 Å². The molecule has 0 aliphatic carbocycles. The van der Waals surface area contributed by atoms with Crippen molar-refractivity contribution in [2.45, 2.75) is 33.3 Å². The lowest BCUT2D eigenvalue weighted by molar-refractivity contribution is 0.177. The number of hydrogen-bond acceptors (Lipinski definition) is 1. The summed E-state index contributed by atoms with van der Waals surface area (Å²) in [5.74, 6) is 0. The maximum atomic E-state index is 10.4. The number of aryl methyl sites for hydroxylation is 2. The summed E-state index contributed by atoms with van der Waals surface area (Å²) in [4.78, 5) is 0. The summed E-state index contributed by atoms with van der Waals surface area (Å²) in [5, 5.41) is 11.1. The van der Waals surface area contributed by atoms with Crippen molar-refractivity contribution in [2.24, 2.45) is 0 Å². The average Bonchev–Trinajstić information content (AvgIpc) is 2.37. The number of benzene rings is 2. The zero-order valence-electron chi connectivity index (χ0n) is 11.6. The summed E-state index contributed by atoms with van der Waals surface area (Å²) in [6, 6.07) is 12.0. The predicted molar refractivity (Wildman–Crippen MR) is 80.8 cm³/mol. The molecule has 2 aromatic rings. The van der Waals surface area contributed by atoms with E-state index in [9.17, 15) is 5.11 Å². The van der Waals surface area contributed by atoms with Gasteiger partial charge >= 0.3 is 0 Å². The fourth-order valence-electron chi connectivity index (χ4n) is 2.25. The third-order valence-electron chi connectivity index (χ3n) is 3.67. The van der Waals surface area contributed by atoms with Crippen LogP contribution in [0.2, 0.25) is 5.02 Å².